The SMILES string of the molecule is COc1cc(F)c([C@@H]2CN(c3cc(F)cc(OC(C)C)c3)C(=O)[C@H]2NC(=O)c2ccc(OC(F)F)cc2)c(F)c1. The van der Waals surface area contributed by atoms with Crippen LogP contribution in [0.2, 0.25) is 0 Å². The van der Waals surface area contributed by atoms with Crippen LogP contribution in [0.5, 0.6) is 17.2 Å². The number of amides is 2. The van der Waals surface area contributed by atoms with Gasteiger partial charge in [0.25, 0.3) is 5.91 Å². The fourth-order valence-corrected chi connectivity index (χ4v) is 4.47. The summed E-state index contributed by atoms with van der Waals surface area (Å²) >= 11 is 0. The lowest BCUT2D eigenvalue weighted by Gasteiger charge is -2.20. The highest BCUT2D eigenvalue weighted by molar-refractivity contribution is 6.05. The second kappa shape index (κ2) is 11.8. The van der Waals surface area contributed by atoms with Gasteiger partial charge in [0.05, 0.1) is 18.9 Å². The van der Waals surface area contributed by atoms with Crippen LogP contribution in [0.25, 0.3) is 0 Å². The molecule has 0 unspecified atom stereocenters. The molecule has 2 atom stereocenters. The van der Waals surface area contributed by atoms with Gasteiger partial charge in [0, 0.05) is 47.9 Å². The first-order chi connectivity index (χ1) is 19.0. The number of hydrogen-bond donors (Lipinski definition) is 1. The van der Waals surface area contributed by atoms with Crippen LogP contribution < -0.4 is 24.4 Å². The average Bonchev–Trinajstić information content (AvgIpc) is 3.18. The number of alkyl halides is 2. The van der Waals surface area contributed by atoms with Gasteiger partial charge in [-0.05, 0) is 44.2 Å². The zero-order chi connectivity index (χ0) is 29.1. The molecule has 4 rings (SSSR count). The van der Waals surface area contributed by atoms with Crippen molar-refractivity contribution in [3.05, 3.63) is 83.2 Å². The van der Waals surface area contributed by atoms with Gasteiger partial charge in [-0.1, -0.05) is 0 Å². The molecule has 40 heavy (non-hydrogen) atoms. The summed E-state index contributed by atoms with van der Waals surface area (Å²) in [7, 11) is 1.23. The Kier molecular flexibility index (Phi) is 8.46. The minimum Gasteiger partial charge on any atom is -0.497 e. The first kappa shape index (κ1) is 28.7. The minimum atomic E-state index is -3.06. The molecule has 1 N–H and O–H groups in total. The molecule has 1 aliphatic heterocycles. The van der Waals surface area contributed by atoms with Gasteiger partial charge in [-0.2, -0.15) is 8.78 Å². The van der Waals surface area contributed by atoms with Crippen LogP contribution in [-0.4, -0.2) is 44.2 Å². The maximum atomic E-state index is 15.1. The summed E-state index contributed by atoms with van der Waals surface area (Å²) in [5.74, 6) is -5.68. The molecule has 0 radical (unpaired) electrons. The molecule has 3 aromatic carbocycles. The van der Waals surface area contributed by atoms with Gasteiger partial charge >= 0.3 is 6.61 Å². The Morgan fingerprint density at radius 1 is 0.925 bits per heavy atom. The predicted molar refractivity (Wildman–Crippen MR) is 134 cm³/mol. The summed E-state index contributed by atoms with van der Waals surface area (Å²) in [5, 5.41) is 2.49. The maximum Gasteiger partial charge on any atom is 0.387 e. The quantitative estimate of drug-likeness (QED) is 0.351. The van der Waals surface area contributed by atoms with Gasteiger partial charge in [0.1, 0.15) is 40.7 Å². The fraction of sp³-hybridized carbons (Fsp3) is 0.286. The van der Waals surface area contributed by atoms with E-state index in [1.807, 2.05) is 0 Å². The third kappa shape index (κ3) is 6.27. The van der Waals surface area contributed by atoms with Gasteiger partial charge in [-0.15, -0.1) is 0 Å². The predicted octanol–water partition coefficient (Wildman–Crippen LogP) is 5.43. The van der Waals surface area contributed by atoms with E-state index in [-0.39, 0.29) is 41.1 Å². The average molecular weight is 565 g/mol. The van der Waals surface area contributed by atoms with E-state index in [1.54, 1.807) is 13.8 Å². The van der Waals surface area contributed by atoms with Gasteiger partial charge < -0.3 is 24.4 Å². The second-order valence-electron chi connectivity index (χ2n) is 9.23. The zero-order valence-corrected chi connectivity index (χ0v) is 21.6. The molecular weight excluding hydrogens is 539 g/mol. The molecule has 12 heteroatoms. The lowest BCUT2D eigenvalue weighted by Crippen LogP contribution is -2.44. The number of nitrogens with zero attached hydrogens (tertiary/aromatic N) is 1. The fourth-order valence-electron chi connectivity index (χ4n) is 4.47. The Hall–Kier alpha value is -4.35. The number of carbonyl (C=O) groups is 2. The van der Waals surface area contributed by atoms with Crippen molar-refractivity contribution in [2.45, 2.75) is 38.5 Å². The van der Waals surface area contributed by atoms with Crippen LogP contribution in [0.3, 0.4) is 0 Å². The van der Waals surface area contributed by atoms with Gasteiger partial charge in [-0.3, -0.25) is 9.59 Å². The third-order valence-electron chi connectivity index (χ3n) is 6.14. The Morgan fingerprint density at radius 3 is 2.15 bits per heavy atom. The highest BCUT2D eigenvalue weighted by Gasteiger charge is 2.45. The third-order valence-corrected chi connectivity index (χ3v) is 6.14. The van der Waals surface area contributed by atoms with Crippen LogP contribution in [0, 0.1) is 17.5 Å². The summed E-state index contributed by atoms with van der Waals surface area (Å²) < 4.78 is 84.4. The zero-order valence-electron chi connectivity index (χ0n) is 21.6. The number of nitrogens with one attached hydrogen (secondary N) is 1. The molecular formula is C28H25F5N2O5. The Morgan fingerprint density at radius 2 is 1.57 bits per heavy atom. The molecule has 0 aliphatic carbocycles. The van der Waals surface area contributed by atoms with Crippen molar-refractivity contribution in [3.63, 3.8) is 0 Å². The Labute approximate surface area is 226 Å². The van der Waals surface area contributed by atoms with Crippen molar-refractivity contribution < 1.29 is 45.8 Å². The summed E-state index contributed by atoms with van der Waals surface area (Å²) in [4.78, 5) is 27.7. The standard InChI is InChI=1S/C28H25F5N2O5/c1-14(2)39-20-9-16(29)8-17(10-20)35-13-21(24-22(30)11-19(38-3)12-23(24)31)25(27(35)37)34-26(36)15-4-6-18(7-5-15)40-28(32)33/h4-12,14,21,25,28H,13H2,1-3H3,(H,34,36)/t21-,25-/m0/s1. The van der Waals surface area contributed by atoms with Crippen molar-refractivity contribution in [2.24, 2.45) is 0 Å². The van der Waals surface area contributed by atoms with Crippen LogP contribution in [-0.2, 0) is 4.79 Å². The van der Waals surface area contributed by atoms with Crippen molar-refractivity contribution in [1.29, 1.82) is 0 Å². The normalized spacial score (nSPS) is 16.9. The van der Waals surface area contributed by atoms with E-state index in [2.05, 4.69) is 10.1 Å². The van der Waals surface area contributed by atoms with Gasteiger partial charge in [0.2, 0.25) is 5.91 Å². The number of methoxy groups -OCH3 is 1. The van der Waals surface area contributed by atoms with Crippen molar-refractivity contribution in [2.75, 3.05) is 18.6 Å². The number of benzene rings is 3. The lowest BCUT2D eigenvalue weighted by molar-refractivity contribution is -0.118. The van der Waals surface area contributed by atoms with Gasteiger partial charge in [-0.25, -0.2) is 13.2 Å². The maximum absolute atomic E-state index is 15.1. The topological polar surface area (TPSA) is 77.1 Å². The molecule has 1 heterocycles. The van der Waals surface area contributed by atoms with Crippen molar-refractivity contribution >= 4 is 17.5 Å². The van der Waals surface area contributed by atoms with E-state index < -0.39 is 53.4 Å². The number of anilines is 1. The first-order valence-electron chi connectivity index (χ1n) is 12.1. The highest BCUT2D eigenvalue weighted by atomic mass is 19.3. The van der Waals surface area contributed by atoms with E-state index in [4.69, 9.17) is 9.47 Å². The molecule has 0 bridgehead atoms. The molecule has 1 aliphatic rings. The lowest BCUT2D eigenvalue weighted by atomic mass is 9.92. The molecule has 212 valence electrons. The molecule has 1 saturated heterocycles. The molecule has 0 spiro atoms. The van der Waals surface area contributed by atoms with Crippen LogP contribution in [0.15, 0.2) is 54.6 Å². The molecule has 2 amide bonds. The number of halogens is 5. The largest absolute Gasteiger partial charge is 0.497 e. The summed E-state index contributed by atoms with van der Waals surface area (Å²) in [6.45, 7) is 0.0878. The Balaban J connectivity index is 1.71. The van der Waals surface area contributed by atoms with E-state index in [0.717, 1.165) is 41.3 Å². The number of rotatable bonds is 9. The summed E-state index contributed by atoms with van der Waals surface area (Å²) in [6.07, 6.45) is -0.302. The number of hydrogen-bond acceptors (Lipinski definition) is 5. The first-order valence-corrected chi connectivity index (χ1v) is 12.1. The molecule has 1 fully saturated rings. The number of ether oxygens (including phenoxy) is 3. The van der Waals surface area contributed by atoms with Crippen LogP contribution in [0.1, 0.15) is 35.7 Å². The van der Waals surface area contributed by atoms with Crippen molar-refractivity contribution in [1.82, 2.24) is 5.32 Å². The van der Waals surface area contributed by atoms with E-state index >= 15 is 8.78 Å². The smallest absolute Gasteiger partial charge is 0.387 e. The molecule has 3 aromatic rings. The van der Waals surface area contributed by atoms with E-state index in [9.17, 15) is 22.8 Å². The van der Waals surface area contributed by atoms with Crippen LogP contribution in [0.4, 0.5) is 27.6 Å². The molecule has 0 aromatic heterocycles. The Bertz CT molecular complexity index is 1380. The highest BCUT2D eigenvalue weighted by Crippen LogP contribution is 2.38. The molecule has 0 saturated carbocycles. The number of carbonyl (C=O) groups excluding carboxylic acids is 2. The van der Waals surface area contributed by atoms with Crippen LogP contribution >= 0.6 is 0 Å². The summed E-state index contributed by atoms with van der Waals surface area (Å²) in [6, 6.07) is 8.67. The molecule has 7 nitrogen and oxygen atoms in total. The van der Waals surface area contributed by atoms with E-state index in [1.165, 1.54) is 25.3 Å². The van der Waals surface area contributed by atoms with Crippen molar-refractivity contribution in [3.8, 4) is 17.2 Å². The second-order valence-corrected chi connectivity index (χ2v) is 9.23. The monoisotopic (exact) mass is 564 g/mol. The summed E-state index contributed by atoms with van der Waals surface area (Å²) in [5.41, 5.74) is -0.441. The minimum absolute atomic E-state index is 0.0272. The van der Waals surface area contributed by atoms with E-state index in [0.29, 0.717) is 0 Å². The van der Waals surface area contributed by atoms with Gasteiger partial charge in [0.15, 0.2) is 0 Å².